The maximum absolute atomic E-state index is 12.9. The van der Waals surface area contributed by atoms with Gasteiger partial charge < -0.3 is 15.4 Å². The lowest BCUT2D eigenvalue weighted by Gasteiger charge is -2.32. The summed E-state index contributed by atoms with van der Waals surface area (Å²) in [6, 6.07) is 15.0. The molecule has 1 fully saturated rings. The Hall–Kier alpha value is -2.91. The van der Waals surface area contributed by atoms with E-state index < -0.39 is 16.1 Å². The molecule has 1 saturated heterocycles. The molecule has 2 aromatic rings. The van der Waals surface area contributed by atoms with Crippen molar-refractivity contribution in [1.82, 2.24) is 14.9 Å². The number of para-hydroxylation sites is 1. The topological polar surface area (TPSA) is 105 Å². The summed E-state index contributed by atoms with van der Waals surface area (Å²) in [5.41, 5.74) is 0.846. The van der Waals surface area contributed by atoms with Gasteiger partial charge in [0.2, 0.25) is 21.8 Å². The highest BCUT2D eigenvalue weighted by molar-refractivity contribution is 7.89. The van der Waals surface area contributed by atoms with Gasteiger partial charge >= 0.3 is 0 Å². The molecule has 2 N–H and O–H groups in total. The first kappa shape index (κ1) is 25.7. The average molecular weight is 488 g/mol. The van der Waals surface area contributed by atoms with Crippen molar-refractivity contribution in [3.8, 4) is 5.75 Å². The van der Waals surface area contributed by atoms with Crippen molar-refractivity contribution in [2.45, 2.75) is 44.2 Å². The molecule has 2 amide bonds. The summed E-state index contributed by atoms with van der Waals surface area (Å²) in [6.45, 7) is 4.58. The number of rotatable bonds is 9. The number of sulfonamides is 1. The van der Waals surface area contributed by atoms with Crippen molar-refractivity contribution in [2.75, 3.05) is 20.2 Å². The predicted octanol–water partition coefficient (Wildman–Crippen LogP) is 2.55. The van der Waals surface area contributed by atoms with E-state index in [1.54, 1.807) is 37.4 Å². The fraction of sp³-hybridized carbons (Fsp3) is 0.440. The molecule has 1 aliphatic rings. The summed E-state index contributed by atoms with van der Waals surface area (Å²) in [4.78, 5) is 26.1. The molecule has 0 saturated carbocycles. The van der Waals surface area contributed by atoms with E-state index in [4.69, 9.17) is 4.74 Å². The number of nitrogens with zero attached hydrogens (tertiary/aromatic N) is 1. The van der Waals surface area contributed by atoms with E-state index >= 15 is 0 Å². The molecular weight excluding hydrogens is 454 g/mol. The minimum Gasteiger partial charge on any atom is -0.496 e. The lowest BCUT2D eigenvalue weighted by molar-refractivity contribution is -0.132. The number of amides is 2. The van der Waals surface area contributed by atoms with Gasteiger partial charge in [-0.1, -0.05) is 50.2 Å². The lowest BCUT2D eigenvalue weighted by Crippen LogP contribution is -2.52. The van der Waals surface area contributed by atoms with Gasteiger partial charge in [-0.05, 0) is 37.0 Å². The number of nitrogens with one attached hydrogen (secondary N) is 2. The number of piperidine rings is 1. The Morgan fingerprint density at radius 1 is 1.03 bits per heavy atom. The first-order valence-electron chi connectivity index (χ1n) is 11.5. The zero-order valence-electron chi connectivity index (χ0n) is 19.9. The summed E-state index contributed by atoms with van der Waals surface area (Å²) in [7, 11) is -2.00. The number of carbonyl (C=O) groups is 2. The highest BCUT2D eigenvalue weighted by Gasteiger charge is 2.34. The van der Waals surface area contributed by atoms with Crippen LogP contribution in [0.5, 0.6) is 5.75 Å². The molecule has 34 heavy (non-hydrogen) atoms. The molecule has 2 aromatic carbocycles. The Morgan fingerprint density at radius 2 is 1.65 bits per heavy atom. The van der Waals surface area contributed by atoms with Crippen molar-refractivity contribution in [3.63, 3.8) is 0 Å². The van der Waals surface area contributed by atoms with Crippen molar-refractivity contribution in [2.24, 2.45) is 11.8 Å². The second-order valence-corrected chi connectivity index (χ2v) is 10.7. The molecule has 0 aliphatic carbocycles. The molecular formula is C25H33N3O5S. The average Bonchev–Trinajstić information content (AvgIpc) is 2.86. The molecule has 3 rings (SSSR count). The normalized spacial score (nSPS) is 16.1. The summed E-state index contributed by atoms with van der Waals surface area (Å²) in [6.07, 6.45) is 0.817. The summed E-state index contributed by atoms with van der Waals surface area (Å²) >= 11 is 0. The van der Waals surface area contributed by atoms with Crippen LogP contribution in [-0.4, -0.2) is 50.8 Å². The van der Waals surface area contributed by atoms with Crippen LogP contribution in [0.25, 0.3) is 0 Å². The first-order chi connectivity index (χ1) is 16.2. The highest BCUT2D eigenvalue weighted by atomic mass is 32.2. The van der Waals surface area contributed by atoms with Crippen LogP contribution < -0.4 is 15.4 Å². The van der Waals surface area contributed by atoms with Crippen LogP contribution in [-0.2, 0) is 26.2 Å². The van der Waals surface area contributed by atoms with Gasteiger partial charge in [0.1, 0.15) is 11.8 Å². The maximum Gasteiger partial charge on any atom is 0.243 e. The standard InChI is InChI=1S/C25H33N3O5S/c1-18(2)23(25(30)26-17-20-9-7-8-12-22(20)33-3)27-24(29)19-13-15-28(16-14-19)34(31,32)21-10-5-4-6-11-21/h4-12,18-19,23H,13-17H2,1-3H3,(H,26,30)(H,27,29)/t23-/m1/s1. The third-order valence-electron chi connectivity index (χ3n) is 6.10. The molecule has 0 spiro atoms. The molecule has 9 heteroatoms. The van der Waals surface area contributed by atoms with Crippen LogP contribution in [0.1, 0.15) is 32.3 Å². The van der Waals surface area contributed by atoms with E-state index in [2.05, 4.69) is 10.6 Å². The van der Waals surface area contributed by atoms with Crippen molar-refractivity contribution in [3.05, 3.63) is 60.2 Å². The molecule has 0 unspecified atom stereocenters. The first-order valence-corrected chi connectivity index (χ1v) is 12.9. The van der Waals surface area contributed by atoms with Gasteiger partial charge in [0.05, 0.1) is 12.0 Å². The molecule has 1 heterocycles. The fourth-order valence-electron chi connectivity index (χ4n) is 4.05. The summed E-state index contributed by atoms with van der Waals surface area (Å²) in [5.74, 6) is -0.253. The Balaban J connectivity index is 1.56. The number of hydrogen-bond acceptors (Lipinski definition) is 5. The Bertz CT molecular complexity index is 1080. The lowest BCUT2D eigenvalue weighted by atomic mass is 9.95. The van der Waals surface area contributed by atoms with E-state index in [1.807, 2.05) is 38.1 Å². The zero-order valence-corrected chi connectivity index (χ0v) is 20.7. The fourth-order valence-corrected chi connectivity index (χ4v) is 5.54. The highest BCUT2D eigenvalue weighted by Crippen LogP contribution is 2.24. The van der Waals surface area contributed by atoms with Crippen LogP contribution in [0, 0.1) is 11.8 Å². The minimum atomic E-state index is -3.57. The summed E-state index contributed by atoms with van der Waals surface area (Å²) < 4.78 is 32.4. The third-order valence-corrected chi connectivity index (χ3v) is 8.01. The smallest absolute Gasteiger partial charge is 0.243 e. The Kier molecular flexibility index (Phi) is 8.68. The molecule has 8 nitrogen and oxygen atoms in total. The molecule has 0 aromatic heterocycles. The van der Waals surface area contributed by atoms with Gasteiger partial charge in [-0.2, -0.15) is 4.31 Å². The maximum atomic E-state index is 12.9. The van der Waals surface area contributed by atoms with Crippen LogP contribution in [0.3, 0.4) is 0 Å². The Morgan fingerprint density at radius 3 is 2.26 bits per heavy atom. The SMILES string of the molecule is COc1ccccc1CNC(=O)[C@H](NC(=O)C1CCN(S(=O)(=O)c2ccccc2)CC1)C(C)C. The number of hydrogen-bond donors (Lipinski definition) is 2. The minimum absolute atomic E-state index is 0.111. The molecule has 0 radical (unpaired) electrons. The van der Waals surface area contributed by atoms with Crippen LogP contribution >= 0.6 is 0 Å². The van der Waals surface area contributed by atoms with E-state index in [0.717, 1.165) is 5.56 Å². The third kappa shape index (κ3) is 6.15. The molecule has 1 aliphatic heterocycles. The van der Waals surface area contributed by atoms with Crippen LogP contribution in [0.15, 0.2) is 59.5 Å². The Labute approximate surface area is 201 Å². The zero-order chi connectivity index (χ0) is 24.7. The van der Waals surface area contributed by atoms with Crippen molar-refractivity contribution < 1.29 is 22.7 Å². The van der Waals surface area contributed by atoms with Crippen molar-refractivity contribution >= 4 is 21.8 Å². The van der Waals surface area contributed by atoms with E-state index in [9.17, 15) is 18.0 Å². The van der Waals surface area contributed by atoms with E-state index in [0.29, 0.717) is 18.6 Å². The van der Waals surface area contributed by atoms with Crippen LogP contribution in [0.4, 0.5) is 0 Å². The van der Waals surface area contributed by atoms with Gasteiger partial charge in [-0.25, -0.2) is 8.42 Å². The van der Waals surface area contributed by atoms with Gasteiger partial charge in [0.25, 0.3) is 0 Å². The summed E-state index contributed by atoms with van der Waals surface area (Å²) in [5, 5.41) is 5.77. The number of ether oxygens (including phenoxy) is 1. The van der Waals surface area contributed by atoms with Crippen LogP contribution in [0.2, 0.25) is 0 Å². The van der Waals surface area contributed by atoms with Gasteiger partial charge in [-0.3, -0.25) is 9.59 Å². The van der Waals surface area contributed by atoms with E-state index in [-0.39, 0.29) is 48.2 Å². The molecule has 184 valence electrons. The quantitative estimate of drug-likeness (QED) is 0.566. The van der Waals surface area contributed by atoms with Gasteiger partial charge in [-0.15, -0.1) is 0 Å². The number of methoxy groups -OCH3 is 1. The largest absolute Gasteiger partial charge is 0.496 e. The molecule has 0 bridgehead atoms. The monoisotopic (exact) mass is 487 g/mol. The number of carbonyl (C=O) groups excluding carboxylic acids is 2. The second-order valence-electron chi connectivity index (χ2n) is 8.75. The number of benzene rings is 2. The van der Waals surface area contributed by atoms with Crippen molar-refractivity contribution in [1.29, 1.82) is 0 Å². The van der Waals surface area contributed by atoms with E-state index in [1.165, 1.54) is 4.31 Å². The van der Waals surface area contributed by atoms with Gasteiger partial charge in [0, 0.05) is 31.1 Å². The molecule has 1 atom stereocenters. The van der Waals surface area contributed by atoms with Gasteiger partial charge in [0.15, 0.2) is 0 Å². The predicted molar refractivity (Wildman–Crippen MR) is 130 cm³/mol. The second kappa shape index (κ2) is 11.5.